The summed E-state index contributed by atoms with van der Waals surface area (Å²) in [7, 11) is 0. The number of carbonyl (C=O) groups is 1. The lowest BCUT2D eigenvalue weighted by Gasteiger charge is -2.02. The second-order valence-corrected chi connectivity index (χ2v) is 6.69. The molecule has 3 aromatic heterocycles. The normalized spacial score (nSPS) is 11.0. The fourth-order valence-electron chi connectivity index (χ4n) is 2.36. The Bertz CT molecular complexity index is 1150. The van der Waals surface area contributed by atoms with Crippen molar-refractivity contribution in [3.63, 3.8) is 0 Å². The molecule has 0 bridgehead atoms. The van der Waals surface area contributed by atoms with Gasteiger partial charge < -0.3 is 9.73 Å². The van der Waals surface area contributed by atoms with E-state index in [1.807, 2.05) is 18.2 Å². The van der Waals surface area contributed by atoms with Crippen molar-refractivity contribution < 1.29 is 9.21 Å². The molecule has 3 heterocycles. The first-order valence-corrected chi connectivity index (χ1v) is 8.77. The van der Waals surface area contributed by atoms with Gasteiger partial charge in [0, 0.05) is 11.6 Å². The molecular formula is C17H11ClN4O3S. The number of amides is 1. The van der Waals surface area contributed by atoms with Gasteiger partial charge in [0.2, 0.25) is 4.96 Å². The van der Waals surface area contributed by atoms with E-state index in [0.29, 0.717) is 20.7 Å². The number of halogens is 1. The minimum atomic E-state index is -0.377. The number of benzene rings is 1. The molecule has 1 N–H and O–H groups in total. The number of aromatic nitrogens is 3. The fourth-order valence-corrected chi connectivity index (χ4v) is 3.60. The van der Waals surface area contributed by atoms with Crippen LogP contribution in [0.3, 0.4) is 0 Å². The third-order valence-corrected chi connectivity index (χ3v) is 4.85. The highest BCUT2D eigenvalue weighted by Gasteiger charge is 2.14. The summed E-state index contributed by atoms with van der Waals surface area (Å²) in [6, 6.07) is 11.8. The van der Waals surface area contributed by atoms with E-state index >= 15 is 0 Å². The highest BCUT2D eigenvalue weighted by atomic mass is 35.5. The van der Waals surface area contributed by atoms with E-state index < -0.39 is 0 Å². The van der Waals surface area contributed by atoms with Crippen molar-refractivity contribution in [2.24, 2.45) is 0 Å². The van der Waals surface area contributed by atoms with Gasteiger partial charge in [-0.1, -0.05) is 41.1 Å². The zero-order chi connectivity index (χ0) is 18.1. The number of fused-ring (bicyclic) bond motifs is 1. The molecular weight excluding hydrogens is 376 g/mol. The topological polar surface area (TPSA) is 89.5 Å². The van der Waals surface area contributed by atoms with Crippen molar-refractivity contribution in [1.82, 2.24) is 19.9 Å². The number of carbonyl (C=O) groups excluding carboxylic acids is 1. The SMILES string of the molecule is O=C(NCc1cc(=O)n2nc(-c3ccccc3Cl)sc2n1)c1ccco1. The lowest BCUT2D eigenvalue weighted by atomic mass is 10.2. The molecule has 0 aliphatic heterocycles. The predicted molar refractivity (Wildman–Crippen MR) is 97.5 cm³/mol. The summed E-state index contributed by atoms with van der Waals surface area (Å²) in [5.41, 5.74) is 0.841. The minimum Gasteiger partial charge on any atom is -0.459 e. The summed E-state index contributed by atoms with van der Waals surface area (Å²) in [6.07, 6.45) is 1.42. The van der Waals surface area contributed by atoms with E-state index in [2.05, 4.69) is 15.4 Å². The third-order valence-electron chi connectivity index (χ3n) is 3.58. The number of nitrogens with one attached hydrogen (secondary N) is 1. The Morgan fingerprint density at radius 1 is 1.27 bits per heavy atom. The first kappa shape index (κ1) is 16.5. The molecule has 0 spiro atoms. The molecule has 0 saturated heterocycles. The van der Waals surface area contributed by atoms with Crippen LogP contribution in [0.4, 0.5) is 0 Å². The smallest absolute Gasteiger partial charge is 0.287 e. The number of nitrogens with zero attached hydrogens (tertiary/aromatic N) is 3. The van der Waals surface area contributed by atoms with Crippen molar-refractivity contribution in [1.29, 1.82) is 0 Å². The largest absolute Gasteiger partial charge is 0.459 e. The van der Waals surface area contributed by atoms with Crippen LogP contribution in [0, 0.1) is 0 Å². The van der Waals surface area contributed by atoms with Gasteiger partial charge in [0.25, 0.3) is 11.5 Å². The van der Waals surface area contributed by atoms with Crippen LogP contribution in [0.2, 0.25) is 5.02 Å². The average Bonchev–Trinajstić information content (AvgIpc) is 3.30. The Morgan fingerprint density at radius 2 is 2.12 bits per heavy atom. The predicted octanol–water partition coefficient (Wildman–Crippen LogP) is 2.99. The first-order chi connectivity index (χ1) is 12.6. The van der Waals surface area contributed by atoms with Gasteiger partial charge in [0.15, 0.2) is 5.76 Å². The van der Waals surface area contributed by atoms with Crippen LogP contribution in [0.25, 0.3) is 15.5 Å². The summed E-state index contributed by atoms with van der Waals surface area (Å²) < 4.78 is 6.25. The molecule has 26 heavy (non-hydrogen) atoms. The van der Waals surface area contributed by atoms with E-state index in [9.17, 15) is 9.59 Å². The first-order valence-electron chi connectivity index (χ1n) is 7.58. The molecule has 7 nitrogen and oxygen atoms in total. The monoisotopic (exact) mass is 386 g/mol. The maximum Gasteiger partial charge on any atom is 0.287 e. The highest BCUT2D eigenvalue weighted by molar-refractivity contribution is 7.19. The van der Waals surface area contributed by atoms with Gasteiger partial charge >= 0.3 is 0 Å². The summed E-state index contributed by atoms with van der Waals surface area (Å²) >= 11 is 7.44. The summed E-state index contributed by atoms with van der Waals surface area (Å²) in [5, 5.41) is 8.10. The number of furan rings is 1. The van der Waals surface area contributed by atoms with E-state index in [-0.39, 0.29) is 23.8 Å². The lowest BCUT2D eigenvalue weighted by molar-refractivity contribution is 0.0922. The third kappa shape index (κ3) is 3.12. The molecule has 130 valence electrons. The van der Waals surface area contributed by atoms with Crippen LogP contribution < -0.4 is 10.9 Å². The van der Waals surface area contributed by atoms with Crippen molar-refractivity contribution in [2.75, 3.05) is 0 Å². The van der Waals surface area contributed by atoms with E-state index in [4.69, 9.17) is 16.0 Å². The molecule has 9 heteroatoms. The zero-order valence-corrected chi connectivity index (χ0v) is 14.8. The second kappa shape index (κ2) is 6.74. The van der Waals surface area contributed by atoms with Crippen LogP contribution in [0.1, 0.15) is 16.2 Å². The second-order valence-electron chi connectivity index (χ2n) is 5.33. The summed E-state index contributed by atoms with van der Waals surface area (Å²) in [4.78, 5) is 29.0. The molecule has 0 saturated carbocycles. The van der Waals surface area contributed by atoms with Gasteiger partial charge in [0.1, 0.15) is 5.01 Å². The molecule has 0 atom stereocenters. The standard InChI is InChI=1S/C17H11ClN4O3S/c18-12-5-2-1-4-11(12)16-21-22-14(23)8-10(20-17(22)26-16)9-19-15(24)13-6-3-7-25-13/h1-8H,9H2,(H,19,24). The van der Waals surface area contributed by atoms with E-state index in [1.165, 1.54) is 28.2 Å². The van der Waals surface area contributed by atoms with Crippen LogP contribution in [0.5, 0.6) is 0 Å². The lowest BCUT2D eigenvalue weighted by Crippen LogP contribution is -2.24. The average molecular weight is 387 g/mol. The summed E-state index contributed by atoms with van der Waals surface area (Å²) in [6.45, 7) is 0.102. The maximum atomic E-state index is 12.3. The quantitative estimate of drug-likeness (QED) is 0.582. The van der Waals surface area contributed by atoms with Crippen molar-refractivity contribution in [3.8, 4) is 10.6 Å². The molecule has 1 amide bonds. The maximum absolute atomic E-state index is 12.3. The fraction of sp³-hybridized carbons (Fsp3) is 0.0588. The number of hydrogen-bond acceptors (Lipinski definition) is 6. The van der Waals surface area contributed by atoms with Gasteiger partial charge in [0.05, 0.1) is 23.5 Å². The van der Waals surface area contributed by atoms with E-state index in [1.54, 1.807) is 18.2 Å². The van der Waals surface area contributed by atoms with Crippen LogP contribution >= 0.6 is 22.9 Å². The minimum absolute atomic E-state index is 0.102. The van der Waals surface area contributed by atoms with Gasteiger partial charge in [-0.15, -0.1) is 0 Å². The van der Waals surface area contributed by atoms with Gasteiger partial charge in [-0.25, -0.2) is 4.98 Å². The Balaban J connectivity index is 1.63. The van der Waals surface area contributed by atoms with Crippen molar-refractivity contribution >= 4 is 33.8 Å². The Hall–Kier alpha value is -2.97. The molecule has 1 aromatic carbocycles. The zero-order valence-electron chi connectivity index (χ0n) is 13.2. The van der Waals surface area contributed by atoms with E-state index in [0.717, 1.165) is 5.56 Å². The Kier molecular flexibility index (Phi) is 4.27. The van der Waals surface area contributed by atoms with Crippen LogP contribution in [-0.4, -0.2) is 20.5 Å². The Morgan fingerprint density at radius 3 is 2.88 bits per heavy atom. The van der Waals surface area contributed by atoms with Gasteiger partial charge in [-0.3, -0.25) is 9.59 Å². The number of hydrogen-bond donors (Lipinski definition) is 1. The molecule has 0 unspecified atom stereocenters. The molecule has 0 radical (unpaired) electrons. The summed E-state index contributed by atoms with van der Waals surface area (Å²) in [5.74, 6) is -0.181. The van der Waals surface area contributed by atoms with Gasteiger partial charge in [-0.2, -0.15) is 9.61 Å². The molecule has 0 fully saturated rings. The Labute approximate surface area is 155 Å². The molecule has 4 aromatic rings. The van der Waals surface area contributed by atoms with Gasteiger partial charge in [-0.05, 0) is 18.2 Å². The van der Waals surface area contributed by atoms with Crippen LogP contribution in [-0.2, 0) is 6.54 Å². The molecule has 0 aliphatic carbocycles. The molecule has 0 aliphatic rings. The van der Waals surface area contributed by atoms with Crippen molar-refractivity contribution in [3.05, 3.63) is 75.6 Å². The molecule has 4 rings (SSSR count). The van der Waals surface area contributed by atoms with Crippen LogP contribution in [0.15, 0.2) is 57.9 Å². The highest BCUT2D eigenvalue weighted by Crippen LogP contribution is 2.30. The number of rotatable bonds is 4. The van der Waals surface area contributed by atoms with Crippen molar-refractivity contribution in [2.45, 2.75) is 6.54 Å².